The number of benzene rings is 1. The standard InChI is InChI=1S/C14H15F2N3O/c1-3-4-13-10(8-17-19(13)2)14(20)18-12-7-9(15)5-6-11(12)16/h5-8H,3-4H2,1-2H3,(H,18,20). The van der Waals surface area contributed by atoms with Crippen molar-refractivity contribution < 1.29 is 13.6 Å². The second-order valence-corrected chi connectivity index (χ2v) is 4.46. The third kappa shape index (κ3) is 2.84. The zero-order valence-corrected chi connectivity index (χ0v) is 11.3. The van der Waals surface area contributed by atoms with E-state index in [0.29, 0.717) is 12.0 Å². The number of nitrogens with zero attached hydrogens (tertiary/aromatic N) is 2. The lowest BCUT2D eigenvalue weighted by molar-refractivity contribution is 0.102. The molecule has 1 N–H and O–H groups in total. The van der Waals surface area contributed by atoms with E-state index in [4.69, 9.17) is 0 Å². The molecule has 0 atom stereocenters. The maximum absolute atomic E-state index is 13.5. The molecule has 0 fully saturated rings. The average molecular weight is 279 g/mol. The van der Waals surface area contributed by atoms with Gasteiger partial charge in [0.05, 0.1) is 23.1 Å². The van der Waals surface area contributed by atoms with Crippen LogP contribution in [0.15, 0.2) is 24.4 Å². The van der Waals surface area contributed by atoms with Crippen LogP contribution in [0.3, 0.4) is 0 Å². The van der Waals surface area contributed by atoms with Crippen LogP contribution in [0.4, 0.5) is 14.5 Å². The topological polar surface area (TPSA) is 46.9 Å². The highest BCUT2D eigenvalue weighted by molar-refractivity contribution is 6.05. The Morgan fingerprint density at radius 2 is 2.15 bits per heavy atom. The number of amides is 1. The molecule has 2 rings (SSSR count). The van der Waals surface area contributed by atoms with Gasteiger partial charge in [-0.15, -0.1) is 0 Å². The first-order valence-corrected chi connectivity index (χ1v) is 6.30. The molecule has 1 aromatic heterocycles. The van der Waals surface area contributed by atoms with Gasteiger partial charge in [0.15, 0.2) is 0 Å². The summed E-state index contributed by atoms with van der Waals surface area (Å²) in [5.74, 6) is -1.78. The molecular weight excluding hydrogens is 264 g/mol. The van der Waals surface area contributed by atoms with Crippen LogP contribution in [0.25, 0.3) is 0 Å². The van der Waals surface area contributed by atoms with Crippen LogP contribution >= 0.6 is 0 Å². The monoisotopic (exact) mass is 279 g/mol. The van der Waals surface area contributed by atoms with E-state index in [0.717, 1.165) is 30.3 Å². The summed E-state index contributed by atoms with van der Waals surface area (Å²) >= 11 is 0. The van der Waals surface area contributed by atoms with E-state index in [-0.39, 0.29) is 5.69 Å². The number of aryl methyl sites for hydroxylation is 1. The summed E-state index contributed by atoms with van der Waals surface area (Å²) in [6.07, 6.45) is 2.97. The van der Waals surface area contributed by atoms with Crippen LogP contribution in [0.5, 0.6) is 0 Å². The molecule has 1 heterocycles. The zero-order valence-electron chi connectivity index (χ0n) is 11.3. The largest absolute Gasteiger partial charge is 0.319 e. The van der Waals surface area contributed by atoms with Gasteiger partial charge in [-0.25, -0.2) is 8.78 Å². The van der Waals surface area contributed by atoms with Gasteiger partial charge in [-0.1, -0.05) is 13.3 Å². The summed E-state index contributed by atoms with van der Waals surface area (Å²) in [4.78, 5) is 12.1. The smallest absolute Gasteiger partial charge is 0.259 e. The van der Waals surface area contributed by atoms with Gasteiger partial charge < -0.3 is 5.32 Å². The van der Waals surface area contributed by atoms with Crippen LogP contribution < -0.4 is 5.32 Å². The number of hydrogen-bond donors (Lipinski definition) is 1. The molecule has 1 aromatic carbocycles. The molecule has 1 amide bonds. The third-order valence-corrected chi connectivity index (χ3v) is 2.97. The zero-order chi connectivity index (χ0) is 14.7. The molecule has 0 radical (unpaired) electrons. The van der Waals surface area contributed by atoms with Crippen molar-refractivity contribution in [3.8, 4) is 0 Å². The summed E-state index contributed by atoms with van der Waals surface area (Å²) in [5, 5.41) is 6.40. The molecule has 20 heavy (non-hydrogen) atoms. The Morgan fingerprint density at radius 1 is 1.40 bits per heavy atom. The van der Waals surface area contributed by atoms with Crippen molar-refractivity contribution >= 4 is 11.6 Å². The van der Waals surface area contributed by atoms with Crippen molar-refractivity contribution in [2.24, 2.45) is 7.05 Å². The number of carbonyl (C=O) groups excluding carboxylic acids is 1. The molecule has 0 bridgehead atoms. The number of anilines is 1. The first-order valence-electron chi connectivity index (χ1n) is 6.30. The summed E-state index contributed by atoms with van der Waals surface area (Å²) in [5.41, 5.74) is 0.959. The molecule has 0 aliphatic rings. The Hall–Kier alpha value is -2.24. The highest BCUT2D eigenvalue weighted by Crippen LogP contribution is 2.18. The minimum absolute atomic E-state index is 0.179. The van der Waals surface area contributed by atoms with E-state index < -0.39 is 17.5 Å². The highest BCUT2D eigenvalue weighted by atomic mass is 19.1. The van der Waals surface area contributed by atoms with Crippen LogP contribution in [0.1, 0.15) is 29.4 Å². The quantitative estimate of drug-likeness (QED) is 0.935. The lowest BCUT2D eigenvalue weighted by Crippen LogP contribution is -2.15. The van der Waals surface area contributed by atoms with Crippen LogP contribution in [0.2, 0.25) is 0 Å². The highest BCUT2D eigenvalue weighted by Gasteiger charge is 2.17. The second-order valence-electron chi connectivity index (χ2n) is 4.46. The van der Waals surface area contributed by atoms with Gasteiger partial charge in [0.25, 0.3) is 5.91 Å². The number of nitrogens with one attached hydrogen (secondary N) is 1. The van der Waals surface area contributed by atoms with E-state index in [2.05, 4.69) is 10.4 Å². The minimum atomic E-state index is -0.680. The molecule has 0 spiro atoms. The fourth-order valence-electron chi connectivity index (χ4n) is 1.97. The van der Waals surface area contributed by atoms with Gasteiger partial charge in [-0.05, 0) is 18.6 Å². The SMILES string of the molecule is CCCc1c(C(=O)Nc2cc(F)ccc2F)cnn1C. The number of hydrogen-bond acceptors (Lipinski definition) is 2. The normalized spacial score (nSPS) is 10.6. The Balaban J connectivity index is 2.26. The first-order chi connectivity index (χ1) is 9.52. The van der Waals surface area contributed by atoms with Crippen LogP contribution in [-0.2, 0) is 13.5 Å². The Kier molecular flexibility index (Phi) is 4.12. The van der Waals surface area contributed by atoms with Gasteiger partial charge >= 0.3 is 0 Å². The molecule has 6 heteroatoms. The number of halogens is 2. The number of aromatic nitrogens is 2. The maximum Gasteiger partial charge on any atom is 0.259 e. The van der Waals surface area contributed by atoms with Gasteiger partial charge in [-0.3, -0.25) is 9.48 Å². The first kappa shape index (κ1) is 14.2. The Labute approximate surface area is 115 Å². The molecule has 0 aliphatic carbocycles. The van der Waals surface area contributed by atoms with Crippen molar-refractivity contribution in [3.63, 3.8) is 0 Å². The predicted octanol–water partition coefficient (Wildman–Crippen LogP) is 2.90. The molecule has 106 valence electrons. The summed E-state index contributed by atoms with van der Waals surface area (Å²) in [6.45, 7) is 1.99. The fourth-order valence-corrected chi connectivity index (χ4v) is 1.97. The Morgan fingerprint density at radius 3 is 2.85 bits per heavy atom. The Bertz CT molecular complexity index is 637. The van der Waals surface area contributed by atoms with E-state index in [9.17, 15) is 13.6 Å². The van der Waals surface area contributed by atoms with Crippen LogP contribution in [0, 0.1) is 11.6 Å². The van der Waals surface area contributed by atoms with Crippen LogP contribution in [-0.4, -0.2) is 15.7 Å². The van der Waals surface area contributed by atoms with Crippen molar-refractivity contribution in [1.82, 2.24) is 9.78 Å². The average Bonchev–Trinajstić information content (AvgIpc) is 2.76. The molecule has 0 saturated carbocycles. The van der Waals surface area contributed by atoms with E-state index in [1.807, 2.05) is 6.92 Å². The van der Waals surface area contributed by atoms with Gasteiger partial charge in [0.1, 0.15) is 11.6 Å². The van der Waals surface area contributed by atoms with Crippen molar-refractivity contribution in [2.75, 3.05) is 5.32 Å². The number of carbonyl (C=O) groups is 1. The van der Waals surface area contributed by atoms with E-state index >= 15 is 0 Å². The summed E-state index contributed by atoms with van der Waals surface area (Å²) < 4.78 is 28.2. The second kappa shape index (κ2) is 5.81. The molecule has 4 nitrogen and oxygen atoms in total. The molecular formula is C14H15F2N3O. The molecule has 2 aromatic rings. The summed E-state index contributed by atoms with van der Waals surface area (Å²) in [7, 11) is 1.74. The van der Waals surface area contributed by atoms with Crippen molar-refractivity contribution in [3.05, 3.63) is 47.3 Å². The molecule has 0 saturated heterocycles. The lowest BCUT2D eigenvalue weighted by Gasteiger charge is -2.07. The fraction of sp³-hybridized carbons (Fsp3) is 0.286. The van der Waals surface area contributed by atoms with Crippen molar-refractivity contribution in [1.29, 1.82) is 0 Å². The maximum atomic E-state index is 13.5. The van der Waals surface area contributed by atoms with E-state index in [1.54, 1.807) is 11.7 Å². The van der Waals surface area contributed by atoms with Gasteiger partial charge in [0.2, 0.25) is 0 Å². The van der Waals surface area contributed by atoms with Crippen molar-refractivity contribution in [2.45, 2.75) is 19.8 Å². The van der Waals surface area contributed by atoms with Gasteiger partial charge in [0, 0.05) is 13.1 Å². The predicted molar refractivity (Wildman–Crippen MR) is 71.5 cm³/mol. The van der Waals surface area contributed by atoms with E-state index in [1.165, 1.54) is 6.20 Å². The third-order valence-electron chi connectivity index (χ3n) is 2.97. The minimum Gasteiger partial charge on any atom is -0.319 e. The molecule has 0 aliphatic heterocycles. The number of rotatable bonds is 4. The molecule has 0 unspecified atom stereocenters. The lowest BCUT2D eigenvalue weighted by atomic mass is 10.1. The summed E-state index contributed by atoms with van der Waals surface area (Å²) in [6, 6.07) is 2.92. The van der Waals surface area contributed by atoms with Gasteiger partial charge in [-0.2, -0.15) is 5.10 Å².